The summed E-state index contributed by atoms with van der Waals surface area (Å²) in [7, 11) is 0. The number of carbonyl (C=O) groups is 1. The quantitative estimate of drug-likeness (QED) is 0.561. The number of hydrogen-bond donors (Lipinski definition) is 2. The van der Waals surface area contributed by atoms with Gasteiger partial charge in [0.1, 0.15) is 5.75 Å². The second-order valence-electron chi connectivity index (χ2n) is 8.26. The number of morpholine rings is 1. The van der Waals surface area contributed by atoms with Gasteiger partial charge < -0.3 is 24.7 Å². The molecule has 4 heterocycles. The van der Waals surface area contributed by atoms with Crippen LogP contribution in [0.1, 0.15) is 4.88 Å². The predicted octanol–water partition coefficient (Wildman–Crippen LogP) is 1.54. The second kappa shape index (κ2) is 9.60. The molecule has 2 saturated heterocycles. The summed E-state index contributed by atoms with van der Waals surface area (Å²) in [5.41, 5.74) is 1.64. The lowest BCUT2D eigenvalue weighted by Gasteiger charge is -2.33. The van der Waals surface area contributed by atoms with Crippen LogP contribution in [0.25, 0.3) is 21.6 Å². The molecule has 0 atom stereocenters. The average molecular weight is 470 g/mol. The number of piperazine rings is 1. The first-order valence-corrected chi connectivity index (χ1v) is 12.0. The van der Waals surface area contributed by atoms with Gasteiger partial charge in [-0.25, -0.2) is 9.97 Å². The van der Waals surface area contributed by atoms with Crippen molar-refractivity contribution in [1.29, 1.82) is 0 Å². The highest BCUT2D eigenvalue weighted by Gasteiger charge is 2.25. The number of phenols is 1. The number of fused-ring (bicyclic) bond motifs is 1. The van der Waals surface area contributed by atoms with Gasteiger partial charge in [-0.05, 0) is 18.2 Å². The molecule has 174 valence electrons. The van der Waals surface area contributed by atoms with Crippen molar-refractivity contribution in [3.8, 4) is 17.1 Å². The van der Waals surface area contributed by atoms with Crippen LogP contribution in [0.15, 0.2) is 30.3 Å². The minimum absolute atomic E-state index is 0.00738. The number of phenolic OH excluding ortho intramolecular Hbond substituents is 1. The van der Waals surface area contributed by atoms with E-state index in [1.54, 1.807) is 34.4 Å². The van der Waals surface area contributed by atoms with Gasteiger partial charge in [0.15, 0.2) is 11.6 Å². The molecule has 33 heavy (non-hydrogen) atoms. The number of β-amino-alcohol motifs (C(OH)–C–C–N with tert-alkyl or cyclic N) is 1. The number of anilines is 1. The number of thiophene rings is 1. The van der Waals surface area contributed by atoms with Gasteiger partial charge in [-0.3, -0.25) is 9.69 Å². The highest BCUT2D eigenvalue weighted by molar-refractivity contribution is 7.19. The van der Waals surface area contributed by atoms with Gasteiger partial charge in [0.25, 0.3) is 0 Å². The molecule has 5 rings (SSSR count). The van der Waals surface area contributed by atoms with Crippen LogP contribution in [-0.2, 0) is 16.1 Å². The molecule has 2 aliphatic rings. The van der Waals surface area contributed by atoms with E-state index in [0.717, 1.165) is 46.1 Å². The molecule has 2 aliphatic heterocycles. The number of nitrogens with zero attached hydrogens (tertiary/aromatic N) is 5. The molecule has 0 spiro atoms. The predicted molar refractivity (Wildman–Crippen MR) is 126 cm³/mol. The van der Waals surface area contributed by atoms with Crippen molar-refractivity contribution in [2.45, 2.75) is 6.54 Å². The summed E-state index contributed by atoms with van der Waals surface area (Å²) in [6, 6.07) is 9.08. The van der Waals surface area contributed by atoms with Crippen molar-refractivity contribution >= 4 is 33.3 Å². The summed E-state index contributed by atoms with van der Waals surface area (Å²) in [5.74, 6) is 1.70. The summed E-state index contributed by atoms with van der Waals surface area (Å²) >= 11 is 1.67. The topological polar surface area (TPSA) is 102 Å². The van der Waals surface area contributed by atoms with Crippen molar-refractivity contribution in [2.24, 2.45) is 0 Å². The lowest BCUT2D eigenvalue weighted by atomic mass is 10.2. The average Bonchev–Trinajstić information content (AvgIpc) is 3.23. The summed E-state index contributed by atoms with van der Waals surface area (Å²) < 4.78 is 6.56. The van der Waals surface area contributed by atoms with E-state index in [2.05, 4.69) is 15.9 Å². The van der Waals surface area contributed by atoms with E-state index in [1.807, 2.05) is 6.07 Å². The maximum atomic E-state index is 12.4. The van der Waals surface area contributed by atoms with E-state index < -0.39 is 0 Å². The maximum absolute atomic E-state index is 12.4. The van der Waals surface area contributed by atoms with Crippen LogP contribution < -0.4 is 4.90 Å². The molecular formula is C23H27N5O4S. The van der Waals surface area contributed by atoms with E-state index in [4.69, 9.17) is 19.8 Å². The number of amides is 1. The molecule has 3 aromatic rings. The van der Waals surface area contributed by atoms with Crippen molar-refractivity contribution < 1.29 is 19.7 Å². The molecule has 10 heteroatoms. The lowest BCUT2D eigenvalue weighted by Crippen LogP contribution is -2.50. The molecular weight excluding hydrogens is 442 g/mol. The number of aliphatic hydroxyl groups excluding tert-OH is 1. The molecule has 0 bridgehead atoms. The Kier molecular flexibility index (Phi) is 6.41. The molecule has 2 fully saturated rings. The van der Waals surface area contributed by atoms with E-state index in [-0.39, 0.29) is 18.3 Å². The largest absolute Gasteiger partial charge is 0.508 e. The summed E-state index contributed by atoms with van der Waals surface area (Å²) in [6.07, 6.45) is 0. The number of carbonyl (C=O) groups excluding carboxylic acids is 1. The van der Waals surface area contributed by atoms with E-state index in [9.17, 15) is 9.90 Å². The fourth-order valence-corrected chi connectivity index (χ4v) is 5.43. The van der Waals surface area contributed by atoms with Gasteiger partial charge in [-0.2, -0.15) is 0 Å². The molecule has 0 radical (unpaired) electrons. The van der Waals surface area contributed by atoms with Crippen LogP contribution in [0.5, 0.6) is 5.75 Å². The van der Waals surface area contributed by atoms with E-state index in [0.29, 0.717) is 45.2 Å². The Balaban J connectivity index is 1.46. The molecule has 0 aliphatic carbocycles. The third kappa shape index (κ3) is 4.79. The summed E-state index contributed by atoms with van der Waals surface area (Å²) in [6.45, 7) is 5.66. The van der Waals surface area contributed by atoms with E-state index in [1.165, 1.54) is 0 Å². The molecule has 2 aromatic heterocycles. The standard InChI is InChI=1S/C23H27N5O4S/c29-9-6-27-5-4-26(15-20(27)31)14-18-13-19-21(33-18)23(28-7-10-32-11-8-28)25-22(24-19)16-2-1-3-17(30)12-16/h1-3,12-13,29-30H,4-11,14-15H2. The molecule has 1 amide bonds. The first-order chi connectivity index (χ1) is 16.1. The number of benzene rings is 1. The zero-order valence-corrected chi connectivity index (χ0v) is 19.1. The monoisotopic (exact) mass is 469 g/mol. The van der Waals surface area contributed by atoms with Crippen LogP contribution in [0, 0.1) is 0 Å². The van der Waals surface area contributed by atoms with E-state index >= 15 is 0 Å². The van der Waals surface area contributed by atoms with Gasteiger partial charge in [0.05, 0.1) is 36.6 Å². The van der Waals surface area contributed by atoms with Crippen LogP contribution in [0.2, 0.25) is 0 Å². The normalized spacial score (nSPS) is 17.8. The van der Waals surface area contributed by atoms with Crippen LogP contribution >= 0.6 is 11.3 Å². The Hall–Kier alpha value is -2.79. The molecule has 0 unspecified atom stereocenters. The smallest absolute Gasteiger partial charge is 0.236 e. The highest BCUT2D eigenvalue weighted by Crippen LogP contribution is 2.35. The molecule has 9 nitrogen and oxygen atoms in total. The van der Waals surface area contributed by atoms with Crippen molar-refractivity contribution in [3.05, 3.63) is 35.2 Å². The van der Waals surface area contributed by atoms with Crippen molar-refractivity contribution in [2.75, 3.05) is 64.0 Å². The summed E-state index contributed by atoms with van der Waals surface area (Å²) in [5, 5.41) is 19.1. The first-order valence-electron chi connectivity index (χ1n) is 11.1. The minimum Gasteiger partial charge on any atom is -0.508 e. The van der Waals surface area contributed by atoms with Gasteiger partial charge in [0.2, 0.25) is 5.91 Å². The Morgan fingerprint density at radius 3 is 2.70 bits per heavy atom. The first kappa shape index (κ1) is 22.0. The molecule has 2 N–H and O–H groups in total. The number of aromatic hydroxyl groups is 1. The number of aliphatic hydroxyl groups is 1. The Bertz CT molecular complexity index is 1150. The zero-order valence-electron chi connectivity index (χ0n) is 18.3. The van der Waals surface area contributed by atoms with Crippen molar-refractivity contribution in [3.63, 3.8) is 0 Å². The SMILES string of the molecule is O=C1CN(Cc2cc3nc(-c4cccc(O)c4)nc(N4CCOCC4)c3s2)CCN1CCO. The zero-order chi connectivity index (χ0) is 22.8. The maximum Gasteiger partial charge on any atom is 0.236 e. The van der Waals surface area contributed by atoms with Gasteiger partial charge in [-0.15, -0.1) is 11.3 Å². The van der Waals surface area contributed by atoms with Gasteiger partial charge in [0, 0.05) is 49.7 Å². The summed E-state index contributed by atoms with van der Waals surface area (Å²) in [4.78, 5) is 29.3. The Morgan fingerprint density at radius 2 is 1.94 bits per heavy atom. The molecule has 0 saturated carbocycles. The second-order valence-corrected chi connectivity index (χ2v) is 9.40. The Morgan fingerprint density at radius 1 is 1.09 bits per heavy atom. The number of aromatic nitrogens is 2. The van der Waals surface area contributed by atoms with Gasteiger partial charge >= 0.3 is 0 Å². The third-order valence-corrected chi connectivity index (χ3v) is 7.07. The van der Waals surface area contributed by atoms with Crippen LogP contribution in [0.4, 0.5) is 5.82 Å². The van der Waals surface area contributed by atoms with Crippen molar-refractivity contribution in [1.82, 2.24) is 19.8 Å². The number of rotatable bonds is 6. The minimum atomic E-state index is -0.00738. The lowest BCUT2D eigenvalue weighted by molar-refractivity contribution is -0.136. The fraction of sp³-hybridized carbons (Fsp3) is 0.435. The Labute approximate surface area is 195 Å². The molecule has 1 aromatic carbocycles. The fourth-order valence-electron chi connectivity index (χ4n) is 4.28. The number of ether oxygens (including phenoxy) is 1. The number of hydrogen-bond acceptors (Lipinski definition) is 9. The highest BCUT2D eigenvalue weighted by atomic mass is 32.1. The third-order valence-electron chi connectivity index (χ3n) is 5.97. The van der Waals surface area contributed by atoms with Gasteiger partial charge in [-0.1, -0.05) is 12.1 Å². The van der Waals surface area contributed by atoms with Crippen LogP contribution in [0.3, 0.4) is 0 Å². The van der Waals surface area contributed by atoms with Crippen LogP contribution in [-0.4, -0.2) is 95.0 Å².